The minimum absolute atomic E-state index is 0.579. The third kappa shape index (κ3) is 6.36. The molecule has 146 valence electrons. The van der Waals surface area contributed by atoms with Crippen LogP contribution in [0.5, 0.6) is 0 Å². The maximum absolute atomic E-state index is 5.94. The van der Waals surface area contributed by atoms with Gasteiger partial charge in [0, 0.05) is 37.5 Å². The third-order valence-corrected chi connectivity index (χ3v) is 5.90. The van der Waals surface area contributed by atoms with Gasteiger partial charge in [0.05, 0.1) is 13.2 Å². The molecule has 1 N–H and O–H groups in total. The van der Waals surface area contributed by atoms with Gasteiger partial charge in [-0.15, -0.1) is 11.3 Å². The summed E-state index contributed by atoms with van der Waals surface area (Å²) in [5.41, 5.74) is 1.24. The second kappa shape index (κ2) is 10.5. The first-order chi connectivity index (χ1) is 13.2. The zero-order chi connectivity index (χ0) is 18.9. The smallest absolute Gasteiger partial charge is 0.193 e. The Morgan fingerprint density at radius 3 is 2.89 bits per heavy atom. The highest BCUT2D eigenvalue weighted by atomic mass is 32.1. The first-order valence-corrected chi connectivity index (χ1v) is 10.7. The lowest BCUT2D eigenvalue weighted by Gasteiger charge is -2.23. The summed E-state index contributed by atoms with van der Waals surface area (Å²) in [6.07, 6.45) is 2.29. The van der Waals surface area contributed by atoms with Crippen LogP contribution in [-0.4, -0.2) is 44.1 Å². The van der Waals surface area contributed by atoms with E-state index in [4.69, 9.17) is 4.74 Å². The predicted molar refractivity (Wildman–Crippen MR) is 114 cm³/mol. The van der Waals surface area contributed by atoms with Gasteiger partial charge in [0.1, 0.15) is 0 Å². The summed E-state index contributed by atoms with van der Waals surface area (Å²) in [6.45, 7) is 6.84. The standard InChI is InChI=1S/C22H31N3OS/c1-18(13-21-9-6-12-27-21)14-24-22(23-2)25-11-10-20(15-25)17-26-16-19-7-4-3-5-8-19/h3-9,12,18,20H,10-11,13-17H2,1-2H3,(H,23,24). The fourth-order valence-corrected chi connectivity index (χ4v) is 4.39. The van der Waals surface area contributed by atoms with Gasteiger partial charge in [-0.1, -0.05) is 43.3 Å². The van der Waals surface area contributed by atoms with Crippen molar-refractivity contribution in [3.63, 3.8) is 0 Å². The number of hydrogen-bond donors (Lipinski definition) is 1. The van der Waals surface area contributed by atoms with Gasteiger partial charge in [-0.05, 0) is 35.8 Å². The zero-order valence-electron chi connectivity index (χ0n) is 16.4. The van der Waals surface area contributed by atoms with Crippen LogP contribution in [0.4, 0.5) is 0 Å². The third-order valence-electron chi connectivity index (χ3n) is 5.00. The van der Waals surface area contributed by atoms with Crippen LogP contribution in [0.2, 0.25) is 0 Å². The van der Waals surface area contributed by atoms with Gasteiger partial charge in [-0.25, -0.2) is 0 Å². The van der Waals surface area contributed by atoms with Crippen molar-refractivity contribution in [2.75, 3.05) is 33.3 Å². The normalized spacial score (nSPS) is 18.7. The number of likely N-dealkylation sites (tertiary alicyclic amines) is 1. The predicted octanol–water partition coefficient (Wildman–Crippen LogP) is 4.04. The van der Waals surface area contributed by atoms with Crippen molar-refractivity contribution in [3.05, 3.63) is 58.3 Å². The Balaban J connectivity index is 1.37. The number of hydrogen-bond acceptors (Lipinski definition) is 3. The average molecular weight is 386 g/mol. The quantitative estimate of drug-likeness (QED) is 0.550. The van der Waals surface area contributed by atoms with E-state index < -0.39 is 0 Å². The van der Waals surface area contributed by atoms with Crippen LogP contribution in [0, 0.1) is 11.8 Å². The number of nitrogens with one attached hydrogen (secondary N) is 1. The van der Waals surface area contributed by atoms with Gasteiger partial charge in [-0.3, -0.25) is 4.99 Å². The molecule has 3 rings (SSSR count). The highest BCUT2D eigenvalue weighted by Crippen LogP contribution is 2.18. The van der Waals surface area contributed by atoms with E-state index in [0.29, 0.717) is 18.4 Å². The number of ether oxygens (including phenoxy) is 1. The van der Waals surface area contributed by atoms with Crippen LogP contribution in [0.1, 0.15) is 23.8 Å². The molecule has 1 fully saturated rings. The van der Waals surface area contributed by atoms with Gasteiger partial charge in [0.2, 0.25) is 0 Å². The van der Waals surface area contributed by atoms with Crippen molar-refractivity contribution in [1.29, 1.82) is 0 Å². The minimum Gasteiger partial charge on any atom is -0.376 e. The van der Waals surface area contributed by atoms with Crippen molar-refractivity contribution < 1.29 is 4.74 Å². The molecule has 1 aromatic heterocycles. The van der Waals surface area contributed by atoms with E-state index in [1.807, 2.05) is 24.5 Å². The zero-order valence-corrected chi connectivity index (χ0v) is 17.3. The van der Waals surface area contributed by atoms with E-state index in [0.717, 1.165) is 38.6 Å². The summed E-state index contributed by atoms with van der Waals surface area (Å²) in [6, 6.07) is 14.7. The molecule has 2 unspecified atom stereocenters. The second-order valence-electron chi connectivity index (χ2n) is 7.42. The van der Waals surface area contributed by atoms with Gasteiger partial charge in [-0.2, -0.15) is 0 Å². The highest BCUT2D eigenvalue weighted by molar-refractivity contribution is 7.09. The van der Waals surface area contributed by atoms with Crippen LogP contribution >= 0.6 is 11.3 Å². The lowest BCUT2D eigenvalue weighted by Crippen LogP contribution is -2.42. The molecule has 2 atom stereocenters. The summed E-state index contributed by atoms with van der Waals surface area (Å²) >= 11 is 1.84. The summed E-state index contributed by atoms with van der Waals surface area (Å²) in [7, 11) is 1.88. The molecule has 0 bridgehead atoms. The molecule has 4 nitrogen and oxygen atoms in total. The molecule has 0 aliphatic carbocycles. The van der Waals surface area contributed by atoms with E-state index in [1.54, 1.807) is 0 Å². The van der Waals surface area contributed by atoms with E-state index in [1.165, 1.54) is 16.9 Å². The molecule has 0 spiro atoms. The van der Waals surface area contributed by atoms with Gasteiger partial charge in [0.25, 0.3) is 0 Å². The van der Waals surface area contributed by atoms with Crippen LogP contribution in [0.15, 0.2) is 52.8 Å². The van der Waals surface area contributed by atoms with Crippen LogP contribution in [0.25, 0.3) is 0 Å². The molecular weight excluding hydrogens is 354 g/mol. The summed E-state index contributed by atoms with van der Waals surface area (Å²) in [4.78, 5) is 8.32. The Kier molecular flexibility index (Phi) is 7.72. The fourth-order valence-electron chi connectivity index (χ4n) is 3.52. The fraction of sp³-hybridized carbons (Fsp3) is 0.500. The van der Waals surface area contributed by atoms with Crippen molar-refractivity contribution in [2.24, 2.45) is 16.8 Å². The average Bonchev–Trinajstić information content (AvgIpc) is 3.36. The summed E-state index contributed by atoms with van der Waals surface area (Å²) < 4.78 is 5.94. The molecule has 2 heterocycles. The number of aliphatic imine (C=N–C) groups is 1. The van der Waals surface area contributed by atoms with Crippen molar-refractivity contribution in [1.82, 2.24) is 10.2 Å². The number of thiophene rings is 1. The molecule has 0 amide bonds. The molecule has 1 saturated heterocycles. The van der Waals surface area contributed by atoms with Gasteiger partial charge >= 0.3 is 0 Å². The lowest BCUT2D eigenvalue weighted by atomic mass is 10.1. The maximum atomic E-state index is 5.94. The number of guanidine groups is 1. The van der Waals surface area contributed by atoms with Crippen LogP contribution in [-0.2, 0) is 17.8 Å². The molecule has 1 aliphatic rings. The molecule has 27 heavy (non-hydrogen) atoms. The van der Waals surface area contributed by atoms with E-state index in [9.17, 15) is 0 Å². The highest BCUT2D eigenvalue weighted by Gasteiger charge is 2.25. The Morgan fingerprint density at radius 2 is 2.15 bits per heavy atom. The molecule has 5 heteroatoms. The molecule has 2 aromatic rings. The number of benzene rings is 1. The number of nitrogens with zero attached hydrogens (tertiary/aromatic N) is 2. The summed E-state index contributed by atoms with van der Waals surface area (Å²) in [5.74, 6) is 2.20. The van der Waals surface area contributed by atoms with Crippen LogP contribution < -0.4 is 5.32 Å². The van der Waals surface area contributed by atoms with Crippen molar-refractivity contribution in [2.45, 2.75) is 26.4 Å². The Bertz CT molecular complexity index is 687. The van der Waals surface area contributed by atoms with E-state index >= 15 is 0 Å². The maximum Gasteiger partial charge on any atom is 0.193 e. The minimum atomic E-state index is 0.579. The largest absolute Gasteiger partial charge is 0.376 e. The number of rotatable bonds is 8. The monoisotopic (exact) mass is 385 g/mol. The molecule has 0 saturated carbocycles. The molecular formula is C22H31N3OS. The van der Waals surface area contributed by atoms with Crippen LogP contribution in [0.3, 0.4) is 0 Å². The SMILES string of the molecule is CN=C(NCC(C)Cc1cccs1)N1CCC(COCc2ccccc2)C1. The Morgan fingerprint density at radius 1 is 1.30 bits per heavy atom. The van der Waals surface area contributed by atoms with Gasteiger partial charge in [0.15, 0.2) is 5.96 Å². The first kappa shape index (κ1) is 19.9. The first-order valence-electron chi connectivity index (χ1n) is 9.84. The molecule has 1 aliphatic heterocycles. The Labute approximate surface area is 167 Å². The second-order valence-corrected chi connectivity index (χ2v) is 8.45. The Hall–Kier alpha value is -1.85. The summed E-state index contributed by atoms with van der Waals surface area (Å²) in [5, 5.41) is 5.72. The topological polar surface area (TPSA) is 36.9 Å². The molecule has 1 aromatic carbocycles. The van der Waals surface area contributed by atoms with Crippen molar-refractivity contribution >= 4 is 17.3 Å². The van der Waals surface area contributed by atoms with Crippen molar-refractivity contribution in [3.8, 4) is 0 Å². The van der Waals surface area contributed by atoms with Gasteiger partial charge < -0.3 is 15.0 Å². The van der Waals surface area contributed by atoms with E-state index in [-0.39, 0.29) is 0 Å². The lowest BCUT2D eigenvalue weighted by molar-refractivity contribution is 0.0906. The van der Waals surface area contributed by atoms with E-state index in [2.05, 4.69) is 63.9 Å². The molecule has 0 radical (unpaired) electrons.